The van der Waals surface area contributed by atoms with Crippen molar-refractivity contribution in [1.82, 2.24) is 5.32 Å². The number of hydrogen-bond donors (Lipinski definition) is 3. The summed E-state index contributed by atoms with van der Waals surface area (Å²) >= 11 is 4.21. The molecule has 3 amide bonds. The first kappa shape index (κ1) is 16.9. The van der Waals surface area contributed by atoms with Crippen molar-refractivity contribution >= 4 is 41.4 Å². The summed E-state index contributed by atoms with van der Waals surface area (Å²) in [4.78, 5) is 23.5. The summed E-state index contributed by atoms with van der Waals surface area (Å²) in [5.41, 5.74) is 6.85. The highest BCUT2D eigenvalue weighted by Crippen LogP contribution is 2.24. The molecule has 3 aromatic rings. The van der Waals surface area contributed by atoms with E-state index in [2.05, 4.69) is 18.1 Å². The van der Waals surface area contributed by atoms with Gasteiger partial charge in [-0.3, -0.25) is 4.79 Å². The van der Waals surface area contributed by atoms with Gasteiger partial charge in [0.25, 0.3) is 0 Å². The van der Waals surface area contributed by atoms with Crippen LogP contribution in [0.2, 0.25) is 0 Å². The molecule has 2 aromatic carbocycles. The Morgan fingerprint density at radius 2 is 1.84 bits per heavy atom. The van der Waals surface area contributed by atoms with Crippen LogP contribution in [0.5, 0.6) is 0 Å². The Morgan fingerprint density at radius 1 is 1.16 bits per heavy atom. The molecule has 0 aliphatic heterocycles. The third-order valence-corrected chi connectivity index (χ3v) is 4.21. The first-order chi connectivity index (χ1) is 12.0. The molecule has 3 rings (SSSR count). The molecular weight excluding hydrogens is 338 g/mol. The molecule has 1 unspecified atom stereocenters. The molecule has 0 aliphatic rings. The van der Waals surface area contributed by atoms with Crippen LogP contribution in [0.25, 0.3) is 11.0 Å². The molecule has 1 atom stereocenters. The summed E-state index contributed by atoms with van der Waals surface area (Å²) in [6.45, 7) is 1.83. The number of furan rings is 1. The Kier molecular flexibility index (Phi) is 4.67. The number of thiol groups is 1. The highest BCUT2D eigenvalue weighted by atomic mass is 32.1. The Bertz CT molecular complexity index is 888. The van der Waals surface area contributed by atoms with E-state index in [1.807, 2.05) is 37.3 Å². The molecule has 1 heterocycles. The fourth-order valence-corrected chi connectivity index (χ4v) is 2.61. The number of nitrogens with two attached hydrogens (primary N) is 1. The van der Waals surface area contributed by atoms with Crippen LogP contribution in [-0.4, -0.2) is 11.9 Å². The van der Waals surface area contributed by atoms with E-state index in [1.54, 1.807) is 12.1 Å². The lowest BCUT2D eigenvalue weighted by Crippen LogP contribution is -2.35. The summed E-state index contributed by atoms with van der Waals surface area (Å²) in [6, 6.07) is 15.1. The number of amides is 3. The predicted octanol–water partition coefficient (Wildman–Crippen LogP) is 3.65. The van der Waals surface area contributed by atoms with Crippen LogP contribution in [0, 0.1) is 0 Å². The van der Waals surface area contributed by atoms with Gasteiger partial charge in [0.15, 0.2) is 0 Å². The summed E-state index contributed by atoms with van der Waals surface area (Å²) in [7, 11) is 0. The number of benzene rings is 2. The number of hydrogen-bond acceptors (Lipinski definition) is 4. The molecule has 0 spiro atoms. The maximum atomic E-state index is 12.4. The quantitative estimate of drug-likeness (QED) is 0.624. The van der Waals surface area contributed by atoms with Crippen molar-refractivity contribution in [1.29, 1.82) is 0 Å². The average Bonchev–Trinajstić information content (AvgIpc) is 3.05. The number of carbonyl (C=O) groups excluding carboxylic acids is 2. The lowest BCUT2D eigenvalue weighted by atomic mass is 10.2. The van der Waals surface area contributed by atoms with Gasteiger partial charge in [0, 0.05) is 10.9 Å². The normalized spacial score (nSPS) is 11.9. The highest BCUT2D eigenvalue weighted by molar-refractivity contribution is 7.82. The Labute approximate surface area is 150 Å². The molecule has 1 aromatic heterocycles. The number of urea groups is 1. The maximum absolute atomic E-state index is 12.4. The molecule has 6 nitrogen and oxygen atoms in total. The van der Waals surface area contributed by atoms with Gasteiger partial charge in [-0.25, -0.2) is 9.10 Å². The second-order valence-electron chi connectivity index (χ2n) is 5.58. The first-order valence-electron chi connectivity index (χ1n) is 7.63. The van der Waals surface area contributed by atoms with Crippen molar-refractivity contribution in [2.24, 2.45) is 5.73 Å². The number of carbonyl (C=O) groups is 2. The topological polar surface area (TPSA) is 88.6 Å². The van der Waals surface area contributed by atoms with E-state index in [1.165, 1.54) is 12.1 Å². The van der Waals surface area contributed by atoms with E-state index in [0.29, 0.717) is 17.0 Å². The van der Waals surface area contributed by atoms with E-state index >= 15 is 0 Å². The van der Waals surface area contributed by atoms with Crippen molar-refractivity contribution in [3.05, 3.63) is 65.9 Å². The molecule has 3 N–H and O–H groups in total. The summed E-state index contributed by atoms with van der Waals surface area (Å²) in [6.07, 6.45) is 0. The van der Waals surface area contributed by atoms with Crippen LogP contribution in [0.15, 0.2) is 59.0 Å². The monoisotopic (exact) mass is 355 g/mol. The van der Waals surface area contributed by atoms with Gasteiger partial charge in [0.05, 0.1) is 11.7 Å². The van der Waals surface area contributed by atoms with Gasteiger partial charge in [-0.05, 0) is 43.3 Å². The van der Waals surface area contributed by atoms with Crippen LogP contribution >= 0.6 is 12.8 Å². The predicted molar refractivity (Wildman–Crippen MR) is 99.6 cm³/mol. The largest absolute Gasteiger partial charge is 0.459 e. The third kappa shape index (κ3) is 3.61. The molecule has 0 fully saturated rings. The van der Waals surface area contributed by atoms with E-state index in [9.17, 15) is 9.59 Å². The molecule has 0 aliphatic carbocycles. The minimum Gasteiger partial charge on any atom is -0.459 e. The molecular formula is C18H17N3O3S. The second-order valence-corrected chi connectivity index (χ2v) is 5.98. The number of primary amides is 1. The summed E-state index contributed by atoms with van der Waals surface area (Å²) < 4.78 is 6.91. The van der Waals surface area contributed by atoms with Crippen LogP contribution < -0.4 is 15.4 Å². The van der Waals surface area contributed by atoms with Crippen LogP contribution in [-0.2, 0) is 0 Å². The van der Waals surface area contributed by atoms with Crippen molar-refractivity contribution in [3.8, 4) is 0 Å². The number of fused-ring (bicyclic) bond motifs is 1. The molecule has 128 valence electrons. The van der Waals surface area contributed by atoms with Gasteiger partial charge in [0.1, 0.15) is 11.3 Å². The fourth-order valence-electron chi connectivity index (χ4n) is 2.42. The van der Waals surface area contributed by atoms with Gasteiger partial charge < -0.3 is 15.5 Å². The molecule has 25 heavy (non-hydrogen) atoms. The SMILES string of the molecule is CC(NC(=O)N(S)c1ccc(C(N)=O)cc1)c1cc2ccccc2o1. The van der Waals surface area contributed by atoms with Gasteiger partial charge in [0.2, 0.25) is 5.91 Å². The van der Waals surface area contributed by atoms with Crippen molar-refractivity contribution in [2.45, 2.75) is 13.0 Å². The van der Waals surface area contributed by atoms with E-state index in [-0.39, 0.29) is 6.04 Å². The zero-order valence-corrected chi connectivity index (χ0v) is 14.4. The number of anilines is 1. The Hall–Kier alpha value is -2.93. The Morgan fingerprint density at radius 3 is 2.48 bits per heavy atom. The summed E-state index contributed by atoms with van der Waals surface area (Å²) in [5, 5.41) is 3.79. The van der Waals surface area contributed by atoms with Gasteiger partial charge >= 0.3 is 6.03 Å². The zero-order valence-electron chi connectivity index (χ0n) is 13.5. The van der Waals surface area contributed by atoms with Gasteiger partial charge in [-0.2, -0.15) is 0 Å². The summed E-state index contributed by atoms with van der Waals surface area (Å²) in [5.74, 6) is 0.126. The van der Waals surface area contributed by atoms with E-state index in [0.717, 1.165) is 15.3 Å². The van der Waals surface area contributed by atoms with Crippen LogP contribution in [0.1, 0.15) is 29.1 Å². The number of rotatable bonds is 4. The number of nitrogens with zero attached hydrogens (tertiary/aromatic N) is 1. The van der Waals surface area contributed by atoms with E-state index in [4.69, 9.17) is 10.2 Å². The minimum absolute atomic E-state index is 0.334. The number of para-hydroxylation sites is 1. The smallest absolute Gasteiger partial charge is 0.332 e. The minimum atomic E-state index is -0.528. The third-order valence-electron chi connectivity index (χ3n) is 3.80. The Balaban J connectivity index is 1.70. The van der Waals surface area contributed by atoms with E-state index < -0.39 is 11.9 Å². The zero-order chi connectivity index (χ0) is 18.0. The van der Waals surface area contributed by atoms with Gasteiger partial charge in [-0.1, -0.05) is 31.0 Å². The second kappa shape index (κ2) is 6.90. The van der Waals surface area contributed by atoms with Crippen LogP contribution in [0.4, 0.5) is 10.5 Å². The first-order valence-corrected chi connectivity index (χ1v) is 8.03. The standard InChI is InChI=1S/C18H17N3O3S/c1-11(16-10-13-4-2-3-5-15(13)24-16)20-18(23)21(25)14-8-6-12(7-9-14)17(19)22/h2-11,25H,1H3,(H2,19,22)(H,20,23). The number of nitrogens with one attached hydrogen (secondary N) is 1. The highest BCUT2D eigenvalue weighted by Gasteiger charge is 2.18. The average molecular weight is 355 g/mol. The van der Waals surface area contributed by atoms with Crippen molar-refractivity contribution in [2.75, 3.05) is 4.31 Å². The molecule has 0 saturated heterocycles. The van der Waals surface area contributed by atoms with Crippen LogP contribution in [0.3, 0.4) is 0 Å². The molecule has 7 heteroatoms. The molecule has 0 saturated carbocycles. The van der Waals surface area contributed by atoms with Gasteiger partial charge in [-0.15, -0.1) is 0 Å². The fraction of sp³-hybridized carbons (Fsp3) is 0.111. The van der Waals surface area contributed by atoms with Crippen molar-refractivity contribution < 1.29 is 14.0 Å². The lowest BCUT2D eigenvalue weighted by Gasteiger charge is -2.19. The molecule has 0 bridgehead atoms. The maximum Gasteiger partial charge on any atom is 0.332 e. The lowest BCUT2D eigenvalue weighted by molar-refractivity contribution is 0.100. The van der Waals surface area contributed by atoms with Crippen molar-refractivity contribution in [3.63, 3.8) is 0 Å². The molecule has 0 radical (unpaired) electrons.